The molecule has 3 nitrogen and oxygen atoms in total. The van der Waals surface area contributed by atoms with Crippen molar-refractivity contribution in [3.8, 4) is 0 Å². The standard InChI is InChI=1S/C15H19NO2/c1-11-3-2-4-14(9-11)16-13-7-5-12(6-8-13)10-15(17)18/h2-4,9-10,13,16H,5-8H2,1H3,(H,17,18). The number of aryl methyl sites for hydroxylation is 1. The van der Waals surface area contributed by atoms with Crippen LogP contribution in [0.3, 0.4) is 0 Å². The summed E-state index contributed by atoms with van der Waals surface area (Å²) >= 11 is 0. The van der Waals surface area contributed by atoms with Gasteiger partial charge in [-0.25, -0.2) is 4.79 Å². The molecule has 0 bridgehead atoms. The van der Waals surface area contributed by atoms with Crippen LogP contribution in [0.1, 0.15) is 31.2 Å². The van der Waals surface area contributed by atoms with E-state index < -0.39 is 5.97 Å². The molecular weight excluding hydrogens is 226 g/mol. The lowest BCUT2D eigenvalue weighted by molar-refractivity contribution is -0.131. The van der Waals surface area contributed by atoms with Crippen LogP contribution in [0, 0.1) is 6.92 Å². The van der Waals surface area contributed by atoms with Crippen LogP contribution in [-0.4, -0.2) is 17.1 Å². The first-order chi connectivity index (χ1) is 8.63. The van der Waals surface area contributed by atoms with E-state index in [1.54, 1.807) is 0 Å². The Morgan fingerprint density at radius 2 is 2.11 bits per heavy atom. The molecule has 1 aliphatic rings. The van der Waals surface area contributed by atoms with E-state index in [4.69, 9.17) is 5.11 Å². The van der Waals surface area contributed by atoms with Crippen LogP contribution in [-0.2, 0) is 4.79 Å². The highest BCUT2D eigenvalue weighted by atomic mass is 16.4. The smallest absolute Gasteiger partial charge is 0.328 e. The van der Waals surface area contributed by atoms with E-state index in [2.05, 4.69) is 36.5 Å². The highest BCUT2D eigenvalue weighted by Crippen LogP contribution is 2.26. The number of benzene rings is 1. The van der Waals surface area contributed by atoms with Gasteiger partial charge in [-0.2, -0.15) is 0 Å². The van der Waals surface area contributed by atoms with E-state index in [9.17, 15) is 4.79 Å². The molecule has 0 heterocycles. The molecule has 1 aromatic rings. The molecule has 0 unspecified atom stereocenters. The quantitative estimate of drug-likeness (QED) is 0.803. The van der Waals surface area contributed by atoms with E-state index in [1.165, 1.54) is 11.6 Å². The molecule has 0 radical (unpaired) electrons. The van der Waals surface area contributed by atoms with Gasteiger partial charge in [0.1, 0.15) is 0 Å². The topological polar surface area (TPSA) is 49.3 Å². The fraction of sp³-hybridized carbons (Fsp3) is 0.400. The molecule has 2 N–H and O–H groups in total. The van der Waals surface area contributed by atoms with Crippen LogP contribution in [0.5, 0.6) is 0 Å². The van der Waals surface area contributed by atoms with Gasteiger partial charge in [-0.05, 0) is 50.3 Å². The fourth-order valence-corrected chi connectivity index (χ4v) is 2.42. The second-order valence-corrected chi connectivity index (χ2v) is 4.93. The molecule has 1 fully saturated rings. The molecule has 0 atom stereocenters. The van der Waals surface area contributed by atoms with E-state index in [1.807, 2.05) is 0 Å². The van der Waals surface area contributed by atoms with Crippen molar-refractivity contribution in [2.45, 2.75) is 38.6 Å². The third kappa shape index (κ3) is 3.62. The first kappa shape index (κ1) is 12.7. The summed E-state index contributed by atoms with van der Waals surface area (Å²) in [4.78, 5) is 10.6. The Kier molecular flexibility index (Phi) is 4.03. The molecular formula is C15H19NO2. The summed E-state index contributed by atoms with van der Waals surface area (Å²) in [7, 11) is 0. The Bertz CT molecular complexity index is 455. The first-order valence-electron chi connectivity index (χ1n) is 6.39. The summed E-state index contributed by atoms with van der Waals surface area (Å²) < 4.78 is 0. The van der Waals surface area contributed by atoms with Gasteiger partial charge in [0.25, 0.3) is 0 Å². The Balaban J connectivity index is 1.89. The Morgan fingerprint density at radius 3 is 2.72 bits per heavy atom. The molecule has 0 aliphatic heterocycles. The fourth-order valence-electron chi connectivity index (χ4n) is 2.42. The van der Waals surface area contributed by atoms with Crippen molar-refractivity contribution >= 4 is 11.7 Å². The number of aliphatic carboxylic acids is 1. The maximum Gasteiger partial charge on any atom is 0.328 e. The van der Waals surface area contributed by atoms with Crippen LogP contribution in [0.25, 0.3) is 0 Å². The zero-order valence-corrected chi connectivity index (χ0v) is 10.6. The van der Waals surface area contributed by atoms with Crippen molar-refractivity contribution in [1.29, 1.82) is 0 Å². The van der Waals surface area contributed by atoms with Crippen molar-refractivity contribution in [2.24, 2.45) is 0 Å². The molecule has 3 heteroatoms. The molecule has 1 aromatic carbocycles. The highest BCUT2D eigenvalue weighted by Gasteiger charge is 2.16. The maximum absolute atomic E-state index is 10.6. The van der Waals surface area contributed by atoms with Crippen LogP contribution in [0.4, 0.5) is 5.69 Å². The van der Waals surface area contributed by atoms with Gasteiger partial charge < -0.3 is 10.4 Å². The number of carboxylic acid groups (broad SMARTS) is 1. The van der Waals surface area contributed by atoms with Gasteiger partial charge in [0.05, 0.1) is 0 Å². The summed E-state index contributed by atoms with van der Waals surface area (Å²) in [5, 5.41) is 12.2. The van der Waals surface area contributed by atoms with Crippen molar-refractivity contribution in [3.05, 3.63) is 41.5 Å². The minimum Gasteiger partial charge on any atom is -0.478 e. The number of rotatable bonds is 3. The van der Waals surface area contributed by atoms with Crippen LogP contribution in [0.15, 0.2) is 35.9 Å². The third-order valence-electron chi connectivity index (χ3n) is 3.34. The zero-order chi connectivity index (χ0) is 13.0. The normalized spacial score (nSPS) is 19.4. The van der Waals surface area contributed by atoms with Gasteiger partial charge in [0.15, 0.2) is 0 Å². The molecule has 1 saturated carbocycles. The number of carboxylic acids is 1. The lowest BCUT2D eigenvalue weighted by atomic mass is 9.90. The summed E-state index contributed by atoms with van der Waals surface area (Å²) in [6.07, 6.45) is 5.15. The number of nitrogens with one attached hydrogen (secondary N) is 1. The van der Waals surface area contributed by atoms with E-state index in [0.717, 1.165) is 36.9 Å². The third-order valence-corrected chi connectivity index (χ3v) is 3.34. The summed E-state index contributed by atoms with van der Waals surface area (Å²) in [6, 6.07) is 8.81. The summed E-state index contributed by atoms with van der Waals surface area (Å²) in [6.45, 7) is 2.08. The second kappa shape index (κ2) is 5.71. The van der Waals surface area contributed by atoms with Crippen LogP contribution >= 0.6 is 0 Å². The number of allylic oxidation sites excluding steroid dienone is 1. The molecule has 0 saturated heterocycles. The molecule has 2 rings (SSSR count). The Morgan fingerprint density at radius 1 is 1.39 bits per heavy atom. The van der Waals surface area contributed by atoms with Crippen LogP contribution in [0.2, 0.25) is 0 Å². The number of hydrogen-bond donors (Lipinski definition) is 2. The Hall–Kier alpha value is -1.77. The Labute approximate surface area is 108 Å². The molecule has 0 aromatic heterocycles. The van der Waals surface area contributed by atoms with E-state index in [-0.39, 0.29) is 0 Å². The lowest BCUT2D eigenvalue weighted by Gasteiger charge is -2.25. The van der Waals surface area contributed by atoms with Crippen molar-refractivity contribution in [3.63, 3.8) is 0 Å². The SMILES string of the molecule is Cc1cccc(NC2CCC(=CC(=O)O)CC2)c1. The molecule has 18 heavy (non-hydrogen) atoms. The summed E-state index contributed by atoms with van der Waals surface area (Å²) in [5.41, 5.74) is 3.47. The predicted molar refractivity (Wildman–Crippen MR) is 72.8 cm³/mol. The van der Waals surface area contributed by atoms with Gasteiger partial charge >= 0.3 is 5.97 Å². The maximum atomic E-state index is 10.6. The molecule has 1 aliphatic carbocycles. The van der Waals surface area contributed by atoms with E-state index in [0.29, 0.717) is 6.04 Å². The van der Waals surface area contributed by atoms with Gasteiger partial charge in [-0.15, -0.1) is 0 Å². The molecule has 0 spiro atoms. The molecule has 0 amide bonds. The number of anilines is 1. The van der Waals surface area contributed by atoms with Gasteiger partial charge in [0.2, 0.25) is 0 Å². The number of hydrogen-bond acceptors (Lipinski definition) is 2. The minimum atomic E-state index is -0.824. The van der Waals surface area contributed by atoms with Gasteiger partial charge in [-0.1, -0.05) is 17.7 Å². The summed E-state index contributed by atoms with van der Waals surface area (Å²) in [5.74, 6) is -0.824. The van der Waals surface area contributed by atoms with Crippen molar-refractivity contribution in [1.82, 2.24) is 0 Å². The zero-order valence-electron chi connectivity index (χ0n) is 10.6. The van der Waals surface area contributed by atoms with Gasteiger partial charge in [-0.3, -0.25) is 0 Å². The van der Waals surface area contributed by atoms with Crippen LogP contribution < -0.4 is 5.32 Å². The molecule has 96 valence electrons. The predicted octanol–water partition coefficient (Wildman–Crippen LogP) is 3.36. The number of carbonyl (C=O) groups is 1. The average Bonchev–Trinajstić information content (AvgIpc) is 2.31. The van der Waals surface area contributed by atoms with E-state index >= 15 is 0 Å². The average molecular weight is 245 g/mol. The van der Waals surface area contributed by atoms with Gasteiger partial charge in [0, 0.05) is 17.8 Å². The first-order valence-corrected chi connectivity index (χ1v) is 6.39. The highest BCUT2D eigenvalue weighted by molar-refractivity contribution is 5.80. The monoisotopic (exact) mass is 245 g/mol. The second-order valence-electron chi connectivity index (χ2n) is 4.93. The largest absolute Gasteiger partial charge is 0.478 e. The van der Waals surface area contributed by atoms with Crippen molar-refractivity contribution < 1.29 is 9.90 Å². The lowest BCUT2D eigenvalue weighted by Crippen LogP contribution is -2.23. The van der Waals surface area contributed by atoms with Crippen molar-refractivity contribution in [2.75, 3.05) is 5.32 Å². The minimum absolute atomic E-state index is 0.456.